The van der Waals surface area contributed by atoms with E-state index in [1.54, 1.807) is 23.9 Å². The molecule has 0 spiro atoms. The highest BCUT2D eigenvalue weighted by atomic mass is 32.2. The van der Waals surface area contributed by atoms with E-state index in [1.807, 2.05) is 36.4 Å². The molecule has 2 N–H and O–H groups in total. The number of sulfone groups is 1. The molecule has 0 saturated carbocycles. The SMILES string of the molecule is CS(=O)(=O)c1ccc(SCc2cccc(N)c2)cc1. The summed E-state index contributed by atoms with van der Waals surface area (Å²) in [6.07, 6.45) is 1.21. The van der Waals surface area contributed by atoms with Crippen LogP contribution in [0.5, 0.6) is 0 Å². The number of anilines is 1. The Hall–Kier alpha value is -1.46. The van der Waals surface area contributed by atoms with Gasteiger partial charge in [0.1, 0.15) is 0 Å². The molecule has 3 nitrogen and oxygen atoms in total. The predicted octanol–water partition coefficient (Wildman–Crippen LogP) is 2.96. The quantitative estimate of drug-likeness (QED) is 0.695. The fourth-order valence-electron chi connectivity index (χ4n) is 1.63. The van der Waals surface area contributed by atoms with Gasteiger partial charge < -0.3 is 5.73 Å². The van der Waals surface area contributed by atoms with Gasteiger partial charge >= 0.3 is 0 Å². The Kier molecular flexibility index (Phi) is 4.17. The van der Waals surface area contributed by atoms with Crippen molar-refractivity contribution in [1.82, 2.24) is 0 Å². The summed E-state index contributed by atoms with van der Waals surface area (Å²) in [7, 11) is -3.12. The van der Waals surface area contributed by atoms with Crippen LogP contribution in [0.25, 0.3) is 0 Å². The topological polar surface area (TPSA) is 60.2 Å². The van der Waals surface area contributed by atoms with Crippen LogP contribution in [0.1, 0.15) is 5.56 Å². The smallest absolute Gasteiger partial charge is 0.175 e. The molecule has 0 saturated heterocycles. The Morgan fingerprint density at radius 2 is 1.79 bits per heavy atom. The van der Waals surface area contributed by atoms with E-state index < -0.39 is 9.84 Å². The molecule has 2 aromatic carbocycles. The number of thioether (sulfide) groups is 1. The molecule has 0 aromatic heterocycles. The van der Waals surface area contributed by atoms with Crippen molar-refractivity contribution in [2.45, 2.75) is 15.5 Å². The van der Waals surface area contributed by atoms with E-state index in [-0.39, 0.29) is 0 Å². The zero-order valence-corrected chi connectivity index (χ0v) is 12.2. The summed E-state index contributed by atoms with van der Waals surface area (Å²) in [6, 6.07) is 14.7. The molecule has 0 aliphatic rings. The van der Waals surface area contributed by atoms with Crippen LogP contribution in [0.3, 0.4) is 0 Å². The third kappa shape index (κ3) is 4.01. The summed E-state index contributed by atoms with van der Waals surface area (Å²) in [5, 5.41) is 0. The van der Waals surface area contributed by atoms with Crippen LogP contribution in [0.4, 0.5) is 5.69 Å². The molecule has 0 amide bonds. The Balaban J connectivity index is 2.05. The molecule has 0 radical (unpaired) electrons. The maximum atomic E-state index is 11.3. The summed E-state index contributed by atoms with van der Waals surface area (Å²) >= 11 is 1.65. The van der Waals surface area contributed by atoms with E-state index in [9.17, 15) is 8.42 Å². The molecule has 0 atom stereocenters. The Morgan fingerprint density at radius 1 is 1.11 bits per heavy atom. The standard InChI is InChI=1S/C14H15NO2S2/c1-19(16,17)14-7-5-13(6-8-14)18-10-11-3-2-4-12(15)9-11/h2-9H,10,15H2,1H3. The molecule has 0 aliphatic heterocycles. The van der Waals surface area contributed by atoms with Gasteiger partial charge in [0.05, 0.1) is 4.90 Å². The second kappa shape index (κ2) is 5.67. The van der Waals surface area contributed by atoms with Crippen LogP contribution in [0.2, 0.25) is 0 Å². The Morgan fingerprint density at radius 3 is 2.37 bits per heavy atom. The van der Waals surface area contributed by atoms with Crippen molar-refractivity contribution < 1.29 is 8.42 Å². The average molecular weight is 293 g/mol. The van der Waals surface area contributed by atoms with Gasteiger partial charge in [0.15, 0.2) is 9.84 Å². The van der Waals surface area contributed by atoms with Crippen LogP contribution in [0.15, 0.2) is 58.3 Å². The summed E-state index contributed by atoms with van der Waals surface area (Å²) in [5.74, 6) is 0.809. The zero-order valence-electron chi connectivity index (χ0n) is 10.5. The molecule has 2 aromatic rings. The Labute approximate surface area is 117 Å². The summed E-state index contributed by atoms with van der Waals surface area (Å²) in [6.45, 7) is 0. The monoisotopic (exact) mass is 293 g/mol. The minimum atomic E-state index is -3.12. The van der Waals surface area contributed by atoms with E-state index in [1.165, 1.54) is 6.26 Å². The van der Waals surface area contributed by atoms with Crippen molar-refractivity contribution in [2.75, 3.05) is 12.0 Å². The fraction of sp³-hybridized carbons (Fsp3) is 0.143. The van der Waals surface area contributed by atoms with E-state index in [0.29, 0.717) is 4.90 Å². The van der Waals surface area contributed by atoms with Crippen molar-refractivity contribution in [3.63, 3.8) is 0 Å². The van der Waals surface area contributed by atoms with Gasteiger partial charge in [0.25, 0.3) is 0 Å². The molecular weight excluding hydrogens is 278 g/mol. The van der Waals surface area contributed by atoms with Gasteiger partial charge in [-0.15, -0.1) is 11.8 Å². The average Bonchev–Trinajstić information content (AvgIpc) is 2.36. The van der Waals surface area contributed by atoms with E-state index >= 15 is 0 Å². The van der Waals surface area contributed by atoms with Crippen molar-refractivity contribution >= 4 is 27.3 Å². The molecule has 0 bridgehead atoms. The van der Waals surface area contributed by atoms with Gasteiger partial charge in [-0.2, -0.15) is 0 Å². The minimum absolute atomic E-state index is 0.348. The molecule has 0 heterocycles. The maximum absolute atomic E-state index is 11.3. The number of nitrogen functional groups attached to an aromatic ring is 1. The number of benzene rings is 2. The van der Waals surface area contributed by atoms with Crippen molar-refractivity contribution in [3.05, 3.63) is 54.1 Å². The molecular formula is C14H15NO2S2. The highest BCUT2D eigenvalue weighted by molar-refractivity contribution is 7.98. The summed E-state index contributed by atoms with van der Waals surface area (Å²) < 4.78 is 22.7. The molecule has 5 heteroatoms. The number of nitrogens with two attached hydrogens (primary N) is 1. The van der Waals surface area contributed by atoms with Crippen molar-refractivity contribution in [3.8, 4) is 0 Å². The lowest BCUT2D eigenvalue weighted by Crippen LogP contribution is -1.96. The van der Waals surface area contributed by atoms with Crippen LogP contribution < -0.4 is 5.73 Å². The first-order valence-electron chi connectivity index (χ1n) is 5.72. The summed E-state index contributed by atoms with van der Waals surface area (Å²) in [4.78, 5) is 1.38. The Bertz CT molecular complexity index is 664. The first-order valence-corrected chi connectivity index (χ1v) is 8.60. The lowest BCUT2D eigenvalue weighted by Gasteiger charge is -2.04. The number of hydrogen-bond acceptors (Lipinski definition) is 4. The molecule has 0 aliphatic carbocycles. The number of rotatable bonds is 4. The van der Waals surface area contributed by atoms with Gasteiger partial charge in [-0.3, -0.25) is 0 Å². The molecule has 19 heavy (non-hydrogen) atoms. The molecule has 0 unspecified atom stereocenters. The lowest BCUT2D eigenvalue weighted by atomic mass is 10.2. The maximum Gasteiger partial charge on any atom is 0.175 e. The van der Waals surface area contributed by atoms with Crippen molar-refractivity contribution in [1.29, 1.82) is 0 Å². The predicted molar refractivity (Wildman–Crippen MR) is 80.0 cm³/mol. The van der Waals surface area contributed by atoms with Crippen molar-refractivity contribution in [2.24, 2.45) is 0 Å². The second-order valence-corrected chi connectivity index (χ2v) is 7.34. The van der Waals surface area contributed by atoms with Crippen LogP contribution in [0, 0.1) is 0 Å². The normalized spacial score (nSPS) is 11.4. The van der Waals surface area contributed by atoms with E-state index in [2.05, 4.69) is 0 Å². The minimum Gasteiger partial charge on any atom is -0.399 e. The molecule has 2 rings (SSSR count). The third-order valence-electron chi connectivity index (χ3n) is 2.61. The lowest BCUT2D eigenvalue weighted by molar-refractivity contribution is 0.602. The first kappa shape index (κ1) is 14.0. The van der Waals surface area contributed by atoms with E-state index in [4.69, 9.17) is 5.73 Å². The third-order valence-corrected chi connectivity index (χ3v) is 4.82. The molecule has 0 fully saturated rings. The first-order chi connectivity index (χ1) is 8.95. The van der Waals surface area contributed by atoms with Gasteiger partial charge in [0.2, 0.25) is 0 Å². The highest BCUT2D eigenvalue weighted by Gasteiger charge is 2.06. The van der Waals surface area contributed by atoms with Crippen LogP contribution >= 0.6 is 11.8 Å². The highest BCUT2D eigenvalue weighted by Crippen LogP contribution is 2.24. The van der Waals surface area contributed by atoms with Crippen LogP contribution in [-0.4, -0.2) is 14.7 Å². The number of hydrogen-bond donors (Lipinski definition) is 1. The zero-order chi connectivity index (χ0) is 13.9. The second-order valence-electron chi connectivity index (χ2n) is 4.28. The largest absolute Gasteiger partial charge is 0.399 e. The molecule has 100 valence electrons. The summed E-state index contributed by atoms with van der Waals surface area (Å²) in [5.41, 5.74) is 7.62. The van der Waals surface area contributed by atoms with Gasteiger partial charge in [0, 0.05) is 22.6 Å². The van der Waals surface area contributed by atoms with E-state index in [0.717, 1.165) is 21.9 Å². The van der Waals surface area contributed by atoms with Gasteiger partial charge in [-0.25, -0.2) is 8.42 Å². The van der Waals surface area contributed by atoms with Gasteiger partial charge in [-0.1, -0.05) is 12.1 Å². The van der Waals surface area contributed by atoms with Crippen LogP contribution in [-0.2, 0) is 15.6 Å². The van der Waals surface area contributed by atoms with Gasteiger partial charge in [-0.05, 0) is 42.0 Å². The fourth-order valence-corrected chi connectivity index (χ4v) is 3.10.